The second-order valence-electron chi connectivity index (χ2n) is 24.7. The van der Waals surface area contributed by atoms with Crippen LogP contribution in [0.1, 0.15) is 278 Å². The number of phosphoric acid groups is 2. The molecule has 564 valence electrons. The van der Waals surface area contributed by atoms with E-state index in [-0.39, 0.29) is 19.3 Å². The number of carbonyl (C=O) groups excluding carboxylic acids is 3. The number of carbonyl (C=O) groups is 3. The smallest absolute Gasteiger partial charge is 0.463 e. The molecule has 0 heterocycles. The monoisotopic (exact) mass is 1420 g/mol. The first-order valence-corrected chi connectivity index (χ1v) is 40.8. The van der Waals surface area contributed by atoms with Crippen molar-refractivity contribution in [3.8, 4) is 0 Å². The average Bonchev–Trinajstić information content (AvgIpc) is 1.73. The summed E-state index contributed by atoms with van der Waals surface area (Å²) in [4.78, 5) is 58.5. The zero-order valence-corrected chi connectivity index (χ0v) is 63.1. The third kappa shape index (κ3) is 74.2. The highest BCUT2D eigenvalue weighted by atomic mass is 31.2. The Bertz CT molecular complexity index is 2430. The van der Waals surface area contributed by atoms with Crippen molar-refractivity contribution in [1.29, 1.82) is 0 Å². The van der Waals surface area contributed by atoms with Gasteiger partial charge in [0.05, 0.1) is 26.4 Å². The minimum Gasteiger partial charge on any atom is -0.463 e. The van der Waals surface area contributed by atoms with Gasteiger partial charge in [-0.15, -0.1) is 0 Å². The Morgan fingerprint density at radius 1 is 0.283 bits per heavy atom. The highest BCUT2D eigenvalue weighted by Gasteiger charge is 2.29. The van der Waals surface area contributed by atoms with Crippen molar-refractivity contribution in [3.05, 3.63) is 158 Å². The number of aliphatic hydroxyl groups excluding tert-OH is 2. The van der Waals surface area contributed by atoms with Crippen LogP contribution in [0.4, 0.5) is 0 Å². The van der Waals surface area contributed by atoms with Crippen molar-refractivity contribution in [2.45, 2.75) is 296 Å². The predicted molar refractivity (Wildman–Crippen MR) is 408 cm³/mol. The van der Waals surface area contributed by atoms with Crippen LogP contribution in [0.25, 0.3) is 0 Å². The first kappa shape index (κ1) is 94.2. The van der Waals surface area contributed by atoms with E-state index in [1.54, 1.807) is 0 Å². The molecule has 0 aromatic carbocycles. The van der Waals surface area contributed by atoms with Crippen molar-refractivity contribution in [1.82, 2.24) is 0 Å². The van der Waals surface area contributed by atoms with E-state index in [1.807, 2.05) is 0 Å². The van der Waals surface area contributed by atoms with Gasteiger partial charge in [-0.2, -0.15) is 0 Å². The molecule has 16 nitrogen and oxygen atoms in total. The van der Waals surface area contributed by atoms with Gasteiger partial charge in [-0.1, -0.05) is 275 Å². The fourth-order valence-corrected chi connectivity index (χ4v) is 11.2. The Morgan fingerprint density at radius 2 is 0.505 bits per heavy atom. The van der Waals surface area contributed by atoms with Crippen LogP contribution in [0.2, 0.25) is 0 Å². The van der Waals surface area contributed by atoms with Gasteiger partial charge < -0.3 is 34.2 Å². The topological polar surface area (TPSA) is 231 Å². The molecule has 0 radical (unpaired) electrons. The van der Waals surface area contributed by atoms with Gasteiger partial charge in [0.15, 0.2) is 6.10 Å². The van der Waals surface area contributed by atoms with Crippen LogP contribution in [-0.2, 0) is 55.8 Å². The molecule has 0 saturated carbocycles. The van der Waals surface area contributed by atoms with Crippen LogP contribution in [0.5, 0.6) is 0 Å². The molecule has 0 fully saturated rings. The molecule has 5 atom stereocenters. The summed E-state index contributed by atoms with van der Waals surface area (Å²) in [6.45, 7) is 2.26. The van der Waals surface area contributed by atoms with E-state index in [0.717, 1.165) is 161 Å². The molecule has 0 aliphatic rings. The summed E-state index contributed by atoms with van der Waals surface area (Å²) in [5.41, 5.74) is 0. The maximum atomic E-state index is 12.9. The van der Waals surface area contributed by atoms with E-state index in [2.05, 4.69) is 179 Å². The lowest BCUT2D eigenvalue weighted by Gasteiger charge is -2.21. The molecule has 99 heavy (non-hydrogen) atoms. The van der Waals surface area contributed by atoms with Crippen LogP contribution < -0.4 is 0 Å². The number of rotatable bonds is 70. The molecule has 0 amide bonds. The number of hydrogen-bond donors (Lipinski definition) is 4. The standard InChI is InChI=1S/C81H134O16P2/c1-4-7-10-13-16-19-22-25-28-30-32-33-34-35-36-37-38-39-40-41-43-45-47-49-52-55-58-61-64-67-79(84)91-70-76(82)71-93-98(87,88)94-72-77(83)73-95-99(89,90)96-75-78(97-81(86)69-66-63-60-57-54-51-46-27-24-21-18-15-12-9-6-3)74-92-80(85)68-65-62-59-56-53-50-48-44-42-31-29-26-23-20-17-14-11-8-5-2/h7-12,16-21,25-29,32-33,35-36,42,44,46,50,53,76-78,82-83H,4-6,13-15,22-24,30-31,34,37-41,43,45,47-49,51-52,54-75H2,1-3H3,(H,87,88)(H,89,90)/b10-7-,11-8-,12-9-,19-16-,20-17-,21-18-,28-25-,29-26-,33-32-,36-35-,44-42-,46-27-,53-50-. The normalized spacial score (nSPS) is 14.9. The molecule has 5 unspecified atom stereocenters. The summed E-state index contributed by atoms with van der Waals surface area (Å²) < 4.78 is 61.0. The quantitative estimate of drug-likeness (QED) is 0.0146. The lowest BCUT2D eigenvalue weighted by atomic mass is 10.0. The van der Waals surface area contributed by atoms with Gasteiger partial charge in [-0.3, -0.25) is 32.5 Å². The molecule has 0 aliphatic heterocycles. The number of allylic oxidation sites excluding steroid dienone is 26. The summed E-state index contributed by atoms with van der Waals surface area (Å²) in [5.74, 6) is -1.64. The van der Waals surface area contributed by atoms with E-state index in [0.29, 0.717) is 19.3 Å². The van der Waals surface area contributed by atoms with Crippen molar-refractivity contribution >= 4 is 33.6 Å². The van der Waals surface area contributed by atoms with Crippen LogP contribution in [0.3, 0.4) is 0 Å². The number of hydrogen-bond acceptors (Lipinski definition) is 14. The molecular formula is C81H134O16P2. The number of unbranched alkanes of at least 4 members (excludes halogenated alkanes) is 21. The molecule has 0 bridgehead atoms. The second kappa shape index (κ2) is 72.9. The first-order chi connectivity index (χ1) is 48.2. The Kier molecular flexibility index (Phi) is 69.4. The third-order valence-electron chi connectivity index (χ3n) is 15.2. The Balaban J connectivity index is 4.56. The molecule has 4 N–H and O–H groups in total. The number of esters is 3. The Morgan fingerprint density at radius 3 is 0.808 bits per heavy atom. The Hall–Kier alpha value is -4.83. The minimum atomic E-state index is -4.95. The molecule has 0 aromatic rings. The lowest BCUT2D eigenvalue weighted by Crippen LogP contribution is -2.30. The van der Waals surface area contributed by atoms with Crippen LogP contribution in [0.15, 0.2) is 158 Å². The van der Waals surface area contributed by atoms with Gasteiger partial charge in [0, 0.05) is 19.3 Å². The average molecular weight is 1430 g/mol. The van der Waals surface area contributed by atoms with Gasteiger partial charge >= 0.3 is 33.6 Å². The first-order valence-electron chi connectivity index (χ1n) is 37.8. The van der Waals surface area contributed by atoms with Crippen LogP contribution in [0, 0.1) is 0 Å². The summed E-state index contributed by atoms with van der Waals surface area (Å²) in [6.07, 6.45) is 90.1. The number of phosphoric ester groups is 2. The molecule has 0 saturated heterocycles. The molecule has 0 aliphatic carbocycles. The SMILES string of the molecule is CC/C=C\C/C=C\C/C=C\C/C=C\C/C=C\CCCCCCCCCCCCCCCC(=O)OCC(O)COP(=O)(O)OCC(O)COP(=O)(O)OCC(COC(=O)CCCCC/C=C\C/C=C\C/C=C\C/C=C\C/C=C\CC)OC(=O)CCCCCCC/C=C\C/C=C\C/C=C\CC. The van der Waals surface area contributed by atoms with E-state index in [1.165, 1.54) is 57.8 Å². The number of aliphatic hydroxyl groups is 2. The zero-order chi connectivity index (χ0) is 72.3. The maximum Gasteiger partial charge on any atom is 0.472 e. The van der Waals surface area contributed by atoms with E-state index < -0.39 is 91.5 Å². The summed E-state index contributed by atoms with van der Waals surface area (Å²) in [6, 6.07) is 0. The summed E-state index contributed by atoms with van der Waals surface area (Å²) in [7, 11) is -9.81. The molecular weight excluding hydrogens is 1290 g/mol. The van der Waals surface area contributed by atoms with E-state index >= 15 is 0 Å². The maximum absolute atomic E-state index is 12.9. The molecule has 0 rings (SSSR count). The number of ether oxygens (including phenoxy) is 3. The largest absolute Gasteiger partial charge is 0.472 e. The van der Waals surface area contributed by atoms with Crippen molar-refractivity contribution < 1.29 is 75.8 Å². The lowest BCUT2D eigenvalue weighted by molar-refractivity contribution is -0.161. The summed E-state index contributed by atoms with van der Waals surface area (Å²) in [5, 5.41) is 20.6. The fourth-order valence-electron chi connectivity index (χ4n) is 9.58. The molecule has 18 heteroatoms. The van der Waals surface area contributed by atoms with Gasteiger partial charge in [0.1, 0.15) is 25.4 Å². The van der Waals surface area contributed by atoms with Crippen molar-refractivity contribution in [2.75, 3.05) is 39.6 Å². The van der Waals surface area contributed by atoms with E-state index in [9.17, 15) is 43.5 Å². The predicted octanol–water partition coefficient (Wildman–Crippen LogP) is 21.9. The molecule has 0 aromatic heterocycles. The van der Waals surface area contributed by atoms with Gasteiger partial charge in [0.25, 0.3) is 0 Å². The fraction of sp³-hybridized carbons (Fsp3) is 0.642. The summed E-state index contributed by atoms with van der Waals surface area (Å²) >= 11 is 0. The highest BCUT2D eigenvalue weighted by molar-refractivity contribution is 7.47. The van der Waals surface area contributed by atoms with Gasteiger partial charge in [-0.05, 0) is 141 Å². The van der Waals surface area contributed by atoms with Crippen LogP contribution in [-0.4, -0.2) is 95.9 Å². The van der Waals surface area contributed by atoms with Gasteiger partial charge in [0.2, 0.25) is 0 Å². The van der Waals surface area contributed by atoms with E-state index in [4.69, 9.17) is 32.3 Å². The Labute approximate surface area is 600 Å². The van der Waals surface area contributed by atoms with Crippen molar-refractivity contribution in [3.63, 3.8) is 0 Å². The minimum absolute atomic E-state index is 0.0725. The highest BCUT2D eigenvalue weighted by Crippen LogP contribution is 2.45. The zero-order valence-electron chi connectivity index (χ0n) is 61.4. The second-order valence-corrected chi connectivity index (χ2v) is 27.6. The molecule has 0 spiro atoms. The van der Waals surface area contributed by atoms with Crippen LogP contribution >= 0.6 is 15.6 Å². The third-order valence-corrected chi connectivity index (χ3v) is 17.1. The van der Waals surface area contributed by atoms with Gasteiger partial charge in [-0.25, -0.2) is 9.13 Å². The van der Waals surface area contributed by atoms with Crippen molar-refractivity contribution in [2.24, 2.45) is 0 Å².